The van der Waals surface area contributed by atoms with Crippen molar-refractivity contribution >= 4 is 22.2 Å². The van der Waals surface area contributed by atoms with E-state index in [9.17, 15) is 17.5 Å². The minimum absolute atomic E-state index is 0.339. The Labute approximate surface area is 136 Å². The third-order valence-electron chi connectivity index (χ3n) is 2.95. The molecule has 120 valence electrons. The Kier molecular flexibility index (Phi) is 7.61. The predicted octanol–water partition coefficient (Wildman–Crippen LogP) is 3.28. The van der Waals surface area contributed by atoms with Gasteiger partial charge in [-0.1, -0.05) is 43.7 Å². The molecule has 0 N–H and O–H groups in total. The normalized spacial score (nSPS) is 13.2. The van der Waals surface area contributed by atoms with E-state index in [2.05, 4.69) is 13.8 Å². The van der Waals surface area contributed by atoms with Crippen LogP contribution in [0, 0.1) is 6.92 Å². The molecule has 2 rings (SSSR count). The van der Waals surface area contributed by atoms with E-state index >= 15 is 0 Å². The lowest BCUT2D eigenvalue weighted by Crippen LogP contribution is -1.91. The Bertz CT molecular complexity index is 634. The summed E-state index contributed by atoms with van der Waals surface area (Å²) in [6.45, 7) is 6.06. The van der Waals surface area contributed by atoms with Gasteiger partial charge < -0.3 is 9.11 Å². The van der Waals surface area contributed by atoms with Gasteiger partial charge in [-0.2, -0.15) is 0 Å². The van der Waals surface area contributed by atoms with Crippen LogP contribution in [0.2, 0.25) is 0 Å². The van der Waals surface area contributed by atoms with Gasteiger partial charge in [-0.3, -0.25) is 8.42 Å². The first-order valence-electron chi connectivity index (χ1n) is 6.66. The van der Waals surface area contributed by atoms with Crippen LogP contribution in [0.5, 0.6) is 0 Å². The molecule has 0 saturated carbocycles. The Hall–Kier alpha value is -1.34. The summed E-state index contributed by atoms with van der Waals surface area (Å²) < 4.78 is 41.6. The average molecular weight is 338 g/mol. The van der Waals surface area contributed by atoms with Crippen molar-refractivity contribution in [3.63, 3.8) is 0 Å². The first kappa shape index (κ1) is 18.7. The molecule has 22 heavy (non-hydrogen) atoms. The Morgan fingerprint density at radius 2 is 1.14 bits per heavy atom. The molecule has 0 saturated heterocycles. The summed E-state index contributed by atoms with van der Waals surface area (Å²) >= 11 is -4.19. The third kappa shape index (κ3) is 6.19. The van der Waals surface area contributed by atoms with Gasteiger partial charge in [0, 0.05) is 9.79 Å². The van der Waals surface area contributed by atoms with E-state index in [-0.39, 0.29) is 0 Å². The van der Waals surface area contributed by atoms with E-state index in [0.29, 0.717) is 15.7 Å². The standard InChI is InChI=1S/C9H12O2S.C7H8O2S/c1-7(2)8-3-5-9(6-4-8)12(10)11;1-6-2-4-7(5-3-6)10(8)9/h3-7H,1-2H3,(H,10,11);2-5H,1H3,(H,8,9)/p-2. The molecule has 0 bridgehead atoms. The summed E-state index contributed by atoms with van der Waals surface area (Å²) in [5, 5.41) is 0. The van der Waals surface area contributed by atoms with Gasteiger partial charge in [-0.25, -0.2) is 0 Å². The molecule has 2 aromatic rings. The van der Waals surface area contributed by atoms with Gasteiger partial charge in [0.1, 0.15) is 0 Å². The highest BCUT2D eigenvalue weighted by atomic mass is 32.2. The number of aryl methyl sites for hydroxylation is 1. The van der Waals surface area contributed by atoms with Crippen molar-refractivity contribution < 1.29 is 17.5 Å². The molecule has 4 nitrogen and oxygen atoms in total. The summed E-state index contributed by atoms with van der Waals surface area (Å²) in [4.78, 5) is 0.685. The molecule has 0 fully saturated rings. The van der Waals surface area contributed by atoms with Crippen LogP contribution in [0.4, 0.5) is 0 Å². The number of benzene rings is 2. The van der Waals surface area contributed by atoms with Crippen LogP contribution >= 0.6 is 0 Å². The van der Waals surface area contributed by atoms with Crippen molar-refractivity contribution in [1.29, 1.82) is 0 Å². The number of rotatable bonds is 3. The molecule has 0 amide bonds. The quantitative estimate of drug-likeness (QED) is 0.804. The van der Waals surface area contributed by atoms with Crippen molar-refractivity contribution in [2.45, 2.75) is 36.5 Å². The summed E-state index contributed by atoms with van der Waals surface area (Å²) in [7, 11) is 0. The fourth-order valence-electron chi connectivity index (χ4n) is 1.61. The molecule has 0 aliphatic rings. The second-order valence-corrected chi connectivity index (χ2v) is 6.89. The molecule has 2 unspecified atom stereocenters. The van der Waals surface area contributed by atoms with Crippen LogP contribution in [0.1, 0.15) is 30.9 Å². The van der Waals surface area contributed by atoms with Gasteiger partial charge in [0.25, 0.3) is 0 Å². The topological polar surface area (TPSA) is 80.3 Å². The number of hydrogen-bond acceptors (Lipinski definition) is 4. The van der Waals surface area contributed by atoms with E-state index in [1.807, 2.05) is 19.1 Å². The van der Waals surface area contributed by atoms with Gasteiger partial charge in [0.05, 0.1) is 0 Å². The van der Waals surface area contributed by atoms with Crippen molar-refractivity contribution in [2.75, 3.05) is 0 Å². The molecule has 0 aromatic heterocycles. The van der Waals surface area contributed by atoms with E-state index in [0.717, 1.165) is 11.1 Å². The molecule has 2 atom stereocenters. The lowest BCUT2D eigenvalue weighted by atomic mass is 10.0. The fourth-order valence-corrected chi connectivity index (χ4v) is 2.33. The van der Waals surface area contributed by atoms with Gasteiger partial charge in [0.15, 0.2) is 0 Å². The molecule has 0 heterocycles. The fraction of sp³-hybridized carbons (Fsp3) is 0.250. The second kappa shape index (κ2) is 8.95. The van der Waals surface area contributed by atoms with Gasteiger partial charge in [-0.15, -0.1) is 0 Å². The Morgan fingerprint density at radius 1 is 0.773 bits per heavy atom. The van der Waals surface area contributed by atoms with Gasteiger partial charge >= 0.3 is 0 Å². The SMILES string of the molecule is CC(C)c1ccc(S(=O)[O-])cc1.Cc1ccc(S(=O)[O-])cc1. The van der Waals surface area contributed by atoms with Crippen LogP contribution in [0.25, 0.3) is 0 Å². The van der Waals surface area contributed by atoms with Crippen LogP contribution in [-0.2, 0) is 22.2 Å². The summed E-state index contributed by atoms with van der Waals surface area (Å²) in [5.74, 6) is 0.444. The van der Waals surface area contributed by atoms with Crippen LogP contribution in [0.3, 0.4) is 0 Å². The van der Waals surface area contributed by atoms with Crippen molar-refractivity contribution in [3.8, 4) is 0 Å². The summed E-state index contributed by atoms with van der Waals surface area (Å²) in [5.41, 5.74) is 2.22. The maximum Gasteiger partial charge on any atom is 0.0248 e. The molecule has 0 spiro atoms. The van der Waals surface area contributed by atoms with Gasteiger partial charge in [-0.05, 0) is 64.8 Å². The van der Waals surface area contributed by atoms with E-state index in [1.54, 1.807) is 36.4 Å². The van der Waals surface area contributed by atoms with E-state index in [1.165, 1.54) is 0 Å². The molecule has 0 radical (unpaired) electrons. The summed E-state index contributed by atoms with van der Waals surface area (Å²) in [6.07, 6.45) is 0. The molecule has 0 aliphatic carbocycles. The molecular weight excluding hydrogens is 320 g/mol. The third-order valence-corrected chi connectivity index (χ3v) is 4.27. The summed E-state index contributed by atoms with van der Waals surface area (Å²) in [6, 6.07) is 13.6. The second-order valence-electron chi connectivity index (χ2n) is 5.01. The smallest absolute Gasteiger partial charge is 0.0248 e. The largest absolute Gasteiger partial charge is 0.768 e. The maximum atomic E-state index is 10.5. The Morgan fingerprint density at radius 3 is 1.45 bits per heavy atom. The molecule has 0 aliphatic heterocycles. The molecule has 6 heteroatoms. The monoisotopic (exact) mass is 338 g/mol. The van der Waals surface area contributed by atoms with E-state index < -0.39 is 22.2 Å². The number of hydrogen-bond donors (Lipinski definition) is 0. The highest BCUT2D eigenvalue weighted by molar-refractivity contribution is 7.79. The first-order chi connectivity index (χ1) is 10.3. The maximum absolute atomic E-state index is 10.5. The van der Waals surface area contributed by atoms with Crippen molar-refractivity contribution in [1.82, 2.24) is 0 Å². The van der Waals surface area contributed by atoms with Crippen LogP contribution in [0.15, 0.2) is 58.3 Å². The zero-order chi connectivity index (χ0) is 16.7. The van der Waals surface area contributed by atoms with Crippen molar-refractivity contribution in [2.24, 2.45) is 0 Å². The lowest BCUT2D eigenvalue weighted by molar-refractivity contribution is 0.535. The van der Waals surface area contributed by atoms with Gasteiger partial charge in [0.2, 0.25) is 0 Å². The lowest BCUT2D eigenvalue weighted by Gasteiger charge is -2.08. The first-order valence-corrected chi connectivity index (χ1v) is 8.81. The van der Waals surface area contributed by atoms with Crippen LogP contribution in [-0.4, -0.2) is 17.5 Å². The highest BCUT2D eigenvalue weighted by Gasteiger charge is 1.98. The van der Waals surface area contributed by atoms with E-state index in [4.69, 9.17) is 0 Å². The minimum Gasteiger partial charge on any atom is -0.768 e. The molecular formula is C16H18O4S2-2. The predicted molar refractivity (Wildman–Crippen MR) is 86.1 cm³/mol. The Balaban J connectivity index is 0.000000224. The highest BCUT2D eigenvalue weighted by Crippen LogP contribution is 2.15. The average Bonchev–Trinajstić information content (AvgIpc) is 2.48. The van der Waals surface area contributed by atoms with Crippen LogP contribution < -0.4 is 0 Å². The molecule has 2 aromatic carbocycles. The zero-order valence-corrected chi connectivity index (χ0v) is 14.3. The zero-order valence-electron chi connectivity index (χ0n) is 12.6. The van der Waals surface area contributed by atoms with Crippen molar-refractivity contribution in [3.05, 3.63) is 59.7 Å². The minimum atomic E-state index is -2.10.